The van der Waals surface area contributed by atoms with Gasteiger partial charge in [-0.25, -0.2) is 17.5 Å². The van der Waals surface area contributed by atoms with Crippen LogP contribution in [-0.4, -0.2) is 78.6 Å². The molecule has 11 nitrogen and oxygen atoms in total. The number of ether oxygens (including phenoxy) is 1. The first-order valence-electron chi connectivity index (χ1n) is 14.4. The van der Waals surface area contributed by atoms with E-state index in [4.69, 9.17) is 4.74 Å². The third-order valence-electron chi connectivity index (χ3n) is 7.02. The lowest BCUT2D eigenvalue weighted by Gasteiger charge is -2.47. The second kappa shape index (κ2) is 17.9. The van der Waals surface area contributed by atoms with E-state index in [-0.39, 0.29) is 17.3 Å². The summed E-state index contributed by atoms with van der Waals surface area (Å²) in [5, 5.41) is 4.04. The molecule has 1 aliphatic rings. The Morgan fingerprint density at radius 2 is 1.45 bits per heavy atom. The molecule has 1 aliphatic heterocycles. The van der Waals surface area contributed by atoms with E-state index in [2.05, 4.69) is 33.0 Å². The van der Waals surface area contributed by atoms with Crippen LogP contribution in [0.3, 0.4) is 0 Å². The van der Waals surface area contributed by atoms with Crippen molar-refractivity contribution >= 4 is 28.7 Å². The Labute approximate surface area is 240 Å². The van der Waals surface area contributed by atoms with E-state index < -0.39 is 34.5 Å². The van der Waals surface area contributed by atoms with Crippen LogP contribution in [0.25, 0.3) is 0 Å². The van der Waals surface area contributed by atoms with Crippen molar-refractivity contribution in [3.63, 3.8) is 0 Å². The maximum absolute atomic E-state index is 11.8. The molecule has 3 amide bonds. The molecule has 0 saturated carbocycles. The van der Waals surface area contributed by atoms with Crippen LogP contribution >= 0.6 is 0 Å². The fourth-order valence-corrected chi connectivity index (χ4v) is 5.28. The number of benzene rings is 1. The largest absolute Gasteiger partial charge is 0.731 e. The van der Waals surface area contributed by atoms with Crippen LogP contribution in [0, 0.1) is 0 Å². The first kappa shape index (κ1) is 35.3. The highest BCUT2D eigenvalue weighted by Crippen LogP contribution is 2.23. The summed E-state index contributed by atoms with van der Waals surface area (Å²) in [4.78, 5) is 34.1. The third kappa shape index (κ3) is 11.4. The minimum atomic E-state index is -5.01. The van der Waals surface area contributed by atoms with Gasteiger partial charge < -0.3 is 19.1 Å². The number of hydrogen-bond donors (Lipinski definition) is 2. The van der Waals surface area contributed by atoms with Gasteiger partial charge in [-0.3, -0.25) is 14.9 Å². The molecule has 1 aromatic carbocycles. The van der Waals surface area contributed by atoms with Gasteiger partial charge in [-0.15, -0.1) is 0 Å². The SMILES string of the molecule is CCCC[N+](CCCC)(CCCC)CCCC.O=CNC1(NC(=O)OCc2ccccc2)CN(S(=O)(=O)[O-])C1=O. The number of rotatable bonds is 18. The summed E-state index contributed by atoms with van der Waals surface area (Å²) in [5.41, 5.74) is -1.32. The smallest absolute Gasteiger partial charge is 0.409 e. The van der Waals surface area contributed by atoms with Crippen molar-refractivity contribution in [3.05, 3.63) is 35.9 Å². The predicted octanol–water partition coefficient (Wildman–Crippen LogP) is 3.66. The molecule has 1 saturated heterocycles. The summed E-state index contributed by atoms with van der Waals surface area (Å²) in [6.45, 7) is 14.2. The van der Waals surface area contributed by atoms with Crippen LogP contribution < -0.4 is 10.6 Å². The molecular weight excluding hydrogens is 536 g/mol. The van der Waals surface area contributed by atoms with E-state index >= 15 is 0 Å². The molecule has 0 aromatic heterocycles. The van der Waals surface area contributed by atoms with Gasteiger partial charge in [-0.1, -0.05) is 83.7 Å². The standard InChI is InChI=1S/C16H36N.C12H13N3O7S/c1-5-9-13-17(14-10-6-2,15-11-7-3)16-12-8-4;16-8-13-12(7-15(10(12)17)23(19,20)21)14-11(18)22-6-9-4-2-1-3-5-9/h5-16H2,1-4H3;1-5,8H,6-7H2,(H,13,16)(H,14,18)(H,19,20,21)/q+1;/p-1. The molecule has 1 unspecified atom stereocenters. The van der Waals surface area contributed by atoms with E-state index in [0.29, 0.717) is 5.56 Å². The van der Waals surface area contributed by atoms with Gasteiger partial charge in [-0.05, 0) is 31.2 Å². The van der Waals surface area contributed by atoms with Crippen molar-refractivity contribution in [1.82, 2.24) is 14.9 Å². The first-order valence-corrected chi connectivity index (χ1v) is 15.7. The molecule has 0 radical (unpaired) electrons. The van der Waals surface area contributed by atoms with Gasteiger partial charge in [0.25, 0.3) is 5.91 Å². The van der Waals surface area contributed by atoms with Crippen LogP contribution in [0.5, 0.6) is 0 Å². The van der Waals surface area contributed by atoms with Gasteiger partial charge in [0.2, 0.25) is 12.1 Å². The number of β-lactam (4-membered cyclic amide) rings is 1. The molecule has 12 heteroatoms. The van der Waals surface area contributed by atoms with Crippen LogP contribution in [-0.2, 0) is 31.2 Å². The maximum Gasteiger partial charge on any atom is 0.409 e. The summed E-state index contributed by atoms with van der Waals surface area (Å²) in [7, 11) is -5.01. The minimum absolute atomic E-state index is 0.0129. The van der Waals surface area contributed by atoms with E-state index in [0.717, 1.165) is 0 Å². The second-order valence-corrected chi connectivity index (χ2v) is 11.6. The van der Waals surface area contributed by atoms with Crippen molar-refractivity contribution < 1.29 is 36.6 Å². The molecule has 1 aromatic rings. The molecule has 2 rings (SSSR count). The number of carbonyl (C=O) groups is 3. The molecule has 1 atom stereocenters. The first-order chi connectivity index (χ1) is 19.0. The van der Waals surface area contributed by atoms with Crippen molar-refractivity contribution in [3.8, 4) is 0 Å². The third-order valence-corrected chi connectivity index (χ3v) is 7.85. The molecule has 1 fully saturated rings. The quantitative estimate of drug-likeness (QED) is 0.0881. The fraction of sp³-hybridized carbons (Fsp3) is 0.679. The zero-order valence-corrected chi connectivity index (χ0v) is 25.3. The number of alkyl carbamates (subject to hydrolysis) is 1. The summed E-state index contributed by atoms with van der Waals surface area (Å²) in [5.74, 6) is -1.27. The molecule has 1 heterocycles. The number of nitrogens with zero attached hydrogens (tertiary/aromatic N) is 2. The number of nitrogens with one attached hydrogen (secondary N) is 2. The topological polar surface area (TPSA) is 145 Å². The fourth-order valence-electron chi connectivity index (χ4n) is 4.57. The van der Waals surface area contributed by atoms with Gasteiger partial charge in [-0.2, -0.15) is 0 Å². The summed E-state index contributed by atoms with van der Waals surface area (Å²) < 4.78 is 38.7. The van der Waals surface area contributed by atoms with Gasteiger partial charge in [0.05, 0.1) is 32.7 Å². The summed E-state index contributed by atoms with van der Waals surface area (Å²) >= 11 is 0. The number of amides is 3. The lowest BCUT2D eigenvalue weighted by Crippen LogP contribution is -2.81. The van der Waals surface area contributed by atoms with E-state index in [9.17, 15) is 27.4 Å². The zero-order valence-electron chi connectivity index (χ0n) is 24.5. The van der Waals surface area contributed by atoms with E-state index in [1.807, 2.05) is 5.32 Å². The second-order valence-electron chi connectivity index (χ2n) is 10.3. The highest BCUT2D eigenvalue weighted by atomic mass is 32.2. The van der Waals surface area contributed by atoms with Crippen LogP contribution in [0.4, 0.5) is 4.79 Å². The molecular formula is C28H48N4O7S. The number of unbranched alkanes of at least 4 members (excludes halogenated alkanes) is 4. The number of quaternary nitrogens is 1. The van der Waals surface area contributed by atoms with Gasteiger partial charge in [0.15, 0.2) is 10.3 Å². The van der Waals surface area contributed by atoms with Crippen molar-refractivity contribution in [1.29, 1.82) is 0 Å². The van der Waals surface area contributed by atoms with E-state index in [1.165, 1.54) is 82.0 Å². The van der Waals surface area contributed by atoms with Crippen molar-refractivity contribution in [2.75, 3.05) is 32.7 Å². The molecule has 40 heavy (non-hydrogen) atoms. The summed E-state index contributed by atoms with van der Waals surface area (Å²) in [6, 6.07) is 8.65. The van der Waals surface area contributed by atoms with Crippen molar-refractivity contribution in [2.24, 2.45) is 0 Å². The predicted molar refractivity (Wildman–Crippen MR) is 152 cm³/mol. The minimum Gasteiger partial charge on any atom is -0.731 e. The number of hydrogen-bond acceptors (Lipinski definition) is 7. The number of carbonyl (C=O) groups excluding carboxylic acids is 3. The van der Waals surface area contributed by atoms with Crippen LogP contribution in [0.2, 0.25) is 0 Å². The van der Waals surface area contributed by atoms with Crippen LogP contribution in [0.15, 0.2) is 30.3 Å². The summed E-state index contributed by atoms with van der Waals surface area (Å²) in [6.07, 6.45) is 10.1. The van der Waals surface area contributed by atoms with Gasteiger partial charge in [0, 0.05) is 0 Å². The van der Waals surface area contributed by atoms with E-state index in [1.54, 1.807) is 30.3 Å². The monoisotopic (exact) mass is 584 g/mol. The Hall–Kier alpha value is -2.70. The highest BCUT2D eigenvalue weighted by Gasteiger charge is 2.56. The zero-order chi connectivity index (χ0) is 30.1. The Kier molecular flexibility index (Phi) is 15.8. The van der Waals surface area contributed by atoms with Crippen molar-refractivity contribution in [2.45, 2.75) is 91.3 Å². The molecule has 0 bridgehead atoms. The average Bonchev–Trinajstić information content (AvgIpc) is 2.94. The Bertz CT molecular complexity index is 970. The Morgan fingerprint density at radius 1 is 0.975 bits per heavy atom. The van der Waals surface area contributed by atoms with Crippen LogP contribution in [0.1, 0.15) is 84.6 Å². The Balaban J connectivity index is 0.000000421. The molecule has 0 aliphatic carbocycles. The maximum atomic E-state index is 11.8. The highest BCUT2D eigenvalue weighted by molar-refractivity contribution is 7.84. The molecule has 2 N–H and O–H groups in total. The normalized spacial score (nSPS) is 16.8. The lowest BCUT2D eigenvalue weighted by molar-refractivity contribution is -0.929. The molecule has 228 valence electrons. The van der Waals surface area contributed by atoms with Gasteiger partial charge in [0.1, 0.15) is 6.61 Å². The molecule has 0 spiro atoms. The lowest BCUT2D eigenvalue weighted by atomic mass is 10.0. The Morgan fingerprint density at radius 3 is 1.82 bits per heavy atom. The average molecular weight is 585 g/mol. The van der Waals surface area contributed by atoms with Gasteiger partial charge >= 0.3 is 6.09 Å².